The predicted octanol–water partition coefficient (Wildman–Crippen LogP) is 1.34. The number of carbonyl (C=O) groups excluding carboxylic acids is 6. The molecule has 2 rings (SSSR count). The van der Waals surface area contributed by atoms with Gasteiger partial charge >= 0.3 is 17.8 Å². The van der Waals surface area contributed by atoms with Gasteiger partial charge in [0.2, 0.25) is 17.6 Å². The highest BCUT2D eigenvalue weighted by atomic mass is 19.3. The molecule has 11 nitrogen and oxygen atoms in total. The van der Waals surface area contributed by atoms with Crippen molar-refractivity contribution in [2.24, 2.45) is 11.8 Å². The van der Waals surface area contributed by atoms with Crippen LogP contribution in [0.25, 0.3) is 0 Å². The molecule has 3 N–H and O–H groups in total. The fraction of sp³-hybridized carbons (Fsp3) is 0.571. The van der Waals surface area contributed by atoms with E-state index in [-0.39, 0.29) is 26.1 Å². The summed E-state index contributed by atoms with van der Waals surface area (Å²) in [5.41, 5.74) is 0.557. The third kappa shape index (κ3) is 8.54. The van der Waals surface area contributed by atoms with E-state index in [2.05, 4.69) is 20.7 Å². The van der Waals surface area contributed by atoms with Gasteiger partial charge in [0.25, 0.3) is 5.91 Å². The normalized spacial score (nSPS) is 16.6. The molecule has 0 radical (unpaired) electrons. The molecule has 2 unspecified atom stereocenters. The lowest BCUT2D eigenvalue weighted by Gasteiger charge is -2.32. The fourth-order valence-corrected chi connectivity index (χ4v) is 4.37. The second-order valence-corrected chi connectivity index (χ2v) is 10.4. The molecule has 0 aliphatic carbocycles. The van der Waals surface area contributed by atoms with Gasteiger partial charge in [0.15, 0.2) is 0 Å². The lowest BCUT2D eigenvalue weighted by molar-refractivity contribution is -0.161. The number of hydrogen-bond donors (Lipinski definition) is 3. The number of nitrogens with one attached hydrogen (secondary N) is 3. The lowest BCUT2D eigenvalue weighted by Crippen LogP contribution is -2.60. The molecule has 1 aromatic rings. The van der Waals surface area contributed by atoms with Crippen LogP contribution in [0.4, 0.5) is 8.78 Å². The first-order valence-corrected chi connectivity index (χ1v) is 13.5. The summed E-state index contributed by atoms with van der Waals surface area (Å²) >= 11 is 0. The molecule has 0 bridgehead atoms. The monoisotopic (exact) mass is 580 g/mol. The lowest BCUT2D eigenvalue weighted by atomic mass is 9.94. The average Bonchev–Trinajstić information content (AvgIpc) is 3.43. The number of ether oxygens (including phenoxy) is 1. The Balaban J connectivity index is 2.14. The smallest absolute Gasteiger partial charge is 0.396 e. The molecule has 0 spiro atoms. The predicted molar refractivity (Wildman–Crippen MR) is 143 cm³/mol. The number of nitrogens with zero attached hydrogens (tertiary/aromatic N) is 1. The van der Waals surface area contributed by atoms with Crippen molar-refractivity contribution in [2.75, 3.05) is 13.2 Å². The van der Waals surface area contributed by atoms with Crippen molar-refractivity contribution in [1.82, 2.24) is 20.9 Å². The summed E-state index contributed by atoms with van der Waals surface area (Å²) in [6, 6.07) is 4.31. The molecule has 41 heavy (non-hydrogen) atoms. The molecule has 0 saturated carbocycles. The first-order chi connectivity index (χ1) is 19.2. The van der Waals surface area contributed by atoms with Crippen molar-refractivity contribution in [3.05, 3.63) is 35.9 Å². The summed E-state index contributed by atoms with van der Waals surface area (Å²) in [5.74, 6) is -13.0. The quantitative estimate of drug-likeness (QED) is 0.192. The number of alkyl halides is 2. The van der Waals surface area contributed by atoms with Gasteiger partial charge in [-0.1, -0.05) is 58.0 Å². The molecular weight excluding hydrogens is 542 g/mol. The Morgan fingerprint density at radius 2 is 1.59 bits per heavy atom. The zero-order valence-electron chi connectivity index (χ0n) is 23.9. The van der Waals surface area contributed by atoms with Crippen LogP contribution >= 0.6 is 0 Å². The van der Waals surface area contributed by atoms with E-state index in [1.54, 1.807) is 44.2 Å². The number of esters is 1. The largest absolute Gasteiger partial charge is 0.459 e. The van der Waals surface area contributed by atoms with Gasteiger partial charge in [0, 0.05) is 13.1 Å². The Bertz CT molecular complexity index is 1130. The van der Waals surface area contributed by atoms with Gasteiger partial charge in [-0.15, -0.1) is 0 Å². The van der Waals surface area contributed by atoms with E-state index in [0.29, 0.717) is 12.0 Å². The molecule has 1 fully saturated rings. The van der Waals surface area contributed by atoms with E-state index in [4.69, 9.17) is 0 Å². The fourth-order valence-electron chi connectivity index (χ4n) is 4.37. The van der Waals surface area contributed by atoms with Crippen molar-refractivity contribution < 1.29 is 42.3 Å². The maximum Gasteiger partial charge on any atom is 0.396 e. The van der Waals surface area contributed by atoms with Gasteiger partial charge in [-0.25, -0.2) is 4.79 Å². The molecule has 0 aromatic heterocycles. The van der Waals surface area contributed by atoms with Gasteiger partial charge in [0.05, 0.1) is 12.6 Å². The summed E-state index contributed by atoms with van der Waals surface area (Å²) in [6.45, 7) is 7.55. The molecule has 1 aromatic carbocycles. The van der Waals surface area contributed by atoms with E-state index in [1.165, 1.54) is 25.7 Å². The molecule has 1 aliphatic rings. The summed E-state index contributed by atoms with van der Waals surface area (Å²) in [7, 11) is 0. The van der Waals surface area contributed by atoms with E-state index in [0.717, 1.165) is 0 Å². The highest BCUT2D eigenvalue weighted by molar-refractivity contribution is 6.33. The third-order valence-electron chi connectivity index (χ3n) is 6.66. The van der Waals surface area contributed by atoms with Crippen molar-refractivity contribution in [3.63, 3.8) is 0 Å². The molecular formula is C28H38F2N4O7. The number of ketones is 1. The van der Waals surface area contributed by atoms with Crippen LogP contribution in [0.5, 0.6) is 0 Å². The van der Waals surface area contributed by atoms with Crippen LogP contribution in [0.1, 0.15) is 53.0 Å². The van der Waals surface area contributed by atoms with Crippen LogP contribution in [-0.4, -0.2) is 77.5 Å². The average molecular weight is 581 g/mol. The minimum absolute atomic E-state index is 0.0373. The van der Waals surface area contributed by atoms with Crippen molar-refractivity contribution in [1.29, 1.82) is 0 Å². The minimum Gasteiger partial charge on any atom is -0.459 e. The highest BCUT2D eigenvalue weighted by Gasteiger charge is 2.51. The Kier molecular flexibility index (Phi) is 11.9. The topological polar surface area (TPSA) is 151 Å². The first-order valence-electron chi connectivity index (χ1n) is 13.5. The van der Waals surface area contributed by atoms with Crippen LogP contribution in [0, 0.1) is 11.8 Å². The summed E-state index contributed by atoms with van der Waals surface area (Å²) in [5, 5.41) is 6.71. The van der Waals surface area contributed by atoms with Crippen molar-refractivity contribution >= 4 is 35.4 Å². The number of Topliss-reactive ketones (excluding diaryl/α,β-unsaturated/α-hetero) is 1. The number of carbonyl (C=O) groups is 6. The number of hydrogen-bond acceptors (Lipinski definition) is 7. The van der Waals surface area contributed by atoms with Crippen LogP contribution in [-0.2, 0) is 40.0 Å². The maximum absolute atomic E-state index is 14.9. The van der Waals surface area contributed by atoms with Gasteiger partial charge in [-0.05, 0) is 37.2 Å². The van der Waals surface area contributed by atoms with Crippen molar-refractivity contribution in [2.45, 2.75) is 78.1 Å². The zero-order valence-corrected chi connectivity index (χ0v) is 23.9. The molecule has 1 aliphatic heterocycles. The van der Waals surface area contributed by atoms with Gasteiger partial charge in [0.1, 0.15) is 12.1 Å². The molecule has 13 heteroatoms. The Morgan fingerprint density at radius 1 is 0.976 bits per heavy atom. The number of likely N-dealkylation sites (tertiary alicyclic amines) is 1. The van der Waals surface area contributed by atoms with E-state index < -0.39 is 71.3 Å². The first kappa shape index (κ1) is 33.3. The van der Waals surface area contributed by atoms with E-state index >= 15 is 0 Å². The van der Waals surface area contributed by atoms with Gasteiger partial charge in [-0.2, -0.15) is 8.78 Å². The number of rotatable bonds is 12. The summed E-state index contributed by atoms with van der Waals surface area (Å²) < 4.78 is 34.5. The summed E-state index contributed by atoms with van der Waals surface area (Å²) in [6.07, 6.45) is 0.583. The Hall–Kier alpha value is -3.90. The van der Waals surface area contributed by atoms with Gasteiger partial charge < -0.3 is 25.6 Å². The second-order valence-electron chi connectivity index (χ2n) is 10.4. The van der Waals surface area contributed by atoms with Crippen LogP contribution in [0.3, 0.4) is 0 Å². The number of halogens is 2. The standard InChI is InChI=1S/C28H38F2N4O7/c1-6-41-26(39)24(37)33-21(17(4)5)25(38)34-14-10-13-19(34)23(36)32-20(16(2)3)22(35)28(29,30)27(40)31-15-18-11-8-7-9-12-18/h7-9,11-12,16-17,19-21H,6,10,13-15H2,1-5H3,(H,31,40)(H,32,36)(H,33,37)/t19?,20?,21-/m0/s1. The van der Waals surface area contributed by atoms with Crippen LogP contribution in [0.15, 0.2) is 30.3 Å². The molecule has 1 heterocycles. The Morgan fingerprint density at radius 3 is 2.15 bits per heavy atom. The summed E-state index contributed by atoms with van der Waals surface area (Å²) in [4.78, 5) is 76.9. The van der Waals surface area contributed by atoms with E-state index in [1.807, 2.05) is 0 Å². The number of amides is 4. The molecule has 4 amide bonds. The van der Waals surface area contributed by atoms with Crippen LogP contribution < -0.4 is 16.0 Å². The maximum atomic E-state index is 14.9. The van der Waals surface area contributed by atoms with Gasteiger partial charge in [-0.3, -0.25) is 24.0 Å². The molecule has 226 valence electrons. The molecule has 1 saturated heterocycles. The molecule has 3 atom stereocenters. The second kappa shape index (κ2) is 14.6. The number of benzene rings is 1. The van der Waals surface area contributed by atoms with Crippen molar-refractivity contribution in [3.8, 4) is 0 Å². The zero-order chi connectivity index (χ0) is 30.9. The SMILES string of the molecule is CCOC(=O)C(=O)N[C@H](C(=O)N1CCCC1C(=O)NC(C(=O)C(F)(F)C(=O)NCc1ccccc1)C(C)C)C(C)C. The Labute approximate surface area is 237 Å². The third-order valence-corrected chi connectivity index (χ3v) is 6.66. The van der Waals surface area contributed by atoms with E-state index in [9.17, 15) is 37.5 Å². The minimum atomic E-state index is -4.43. The highest BCUT2D eigenvalue weighted by Crippen LogP contribution is 2.24. The van der Waals surface area contributed by atoms with Crippen LogP contribution in [0.2, 0.25) is 0 Å².